The van der Waals surface area contributed by atoms with Crippen molar-refractivity contribution in [1.82, 2.24) is 15.4 Å². The second-order valence-corrected chi connectivity index (χ2v) is 8.09. The highest BCUT2D eigenvalue weighted by Crippen LogP contribution is 2.32. The minimum Gasteiger partial charge on any atom is -0.361 e. The molecule has 0 spiro atoms. The van der Waals surface area contributed by atoms with Crippen molar-refractivity contribution in [2.75, 3.05) is 12.8 Å². The quantitative estimate of drug-likeness (QED) is 0.861. The molecule has 2 rings (SSSR count). The van der Waals surface area contributed by atoms with Crippen molar-refractivity contribution in [1.29, 1.82) is 0 Å². The zero-order valence-corrected chi connectivity index (χ0v) is 15.7. The van der Waals surface area contributed by atoms with Crippen LogP contribution in [0.2, 0.25) is 0 Å². The summed E-state index contributed by atoms with van der Waals surface area (Å²) < 4.78 is 5.19. The standard InChI is InChI=1S/C17H29N3O2S/c1-6-23-15-8-7-14(10-15)20(5)17(21)18-11(2)9-16-12(3)19-22-13(16)4/h11,14-15H,6-10H2,1-5H3,(H,18,21)/t11-,14+,15+/m0/s1. The lowest BCUT2D eigenvalue weighted by molar-refractivity contribution is 0.187. The van der Waals surface area contributed by atoms with Crippen molar-refractivity contribution < 1.29 is 9.32 Å². The number of hydrogen-bond acceptors (Lipinski definition) is 4. The molecule has 0 aromatic carbocycles. The summed E-state index contributed by atoms with van der Waals surface area (Å²) in [6.07, 6.45) is 4.19. The van der Waals surface area contributed by atoms with Gasteiger partial charge in [-0.1, -0.05) is 12.1 Å². The molecule has 1 heterocycles. The average molecular weight is 340 g/mol. The van der Waals surface area contributed by atoms with E-state index < -0.39 is 0 Å². The summed E-state index contributed by atoms with van der Waals surface area (Å²) in [6.45, 7) is 8.09. The third-order valence-corrected chi connectivity index (χ3v) is 5.92. The Morgan fingerprint density at radius 3 is 2.83 bits per heavy atom. The molecule has 1 aliphatic carbocycles. The zero-order chi connectivity index (χ0) is 17.0. The van der Waals surface area contributed by atoms with Crippen molar-refractivity contribution in [3.8, 4) is 0 Å². The highest BCUT2D eigenvalue weighted by Gasteiger charge is 2.30. The van der Waals surface area contributed by atoms with Crippen molar-refractivity contribution >= 4 is 17.8 Å². The molecule has 2 amide bonds. The highest BCUT2D eigenvalue weighted by molar-refractivity contribution is 7.99. The van der Waals surface area contributed by atoms with E-state index >= 15 is 0 Å². The highest BCUT2D eigenvalue weighted by atomic mass is 32.2. The number of rotatable bonds is 6. The summed E-state index contributed by atoms with van der Waals surface area (Å²) in [6, 6.07) is 0.450. The number of hydrogen-bond donors (Lipinski definition) is 1. The number of aromatic nitrogens is 1. The van der Waals surface area contributed by atoms with Gasteiger partial charge in [-0.2, -0.15) is 11.8 Å². The second kappa shape index (κ2) is 8.08. The molecule has 6 heteroatoms. The summed E-state index contributed by atoms with van der Waals surface area (Å²) in [5.41, 5.74) is 2.01. The van der Waals surface area contributed by atoms with Gasteiger partial charge in [0.05, 0.1) is 5.69 Å². The fourth-order valence-electron chi connectivity index (χ4n) is 3.29. The Labute approximate surface area is 143 Å². The molecule has 0 saturated heterocycles. The van der Waals surface area contributed by atoms with Gasteiger partial charge in [-0.05, 0) is 52.2 Å². The van der Waals surface area contributed by atoms with E-state index in [-0.39, 0.29) is 12.1 Å². The van der Waals surface area contributed by atoms with E-state index in [0.29, 0.717) is 11.3 Å². The van der Waals surface area contributed by atoms with Crippen LogP contribution in [0.25, 0.3) is 0 Å². The monoisotopic (exact) mass is 339 g/mol. The number of nitrogens with zero attached hydrogens (tertiary/aromatic N) is 2. The van der Waals surface area contributed by atoms with Crippen LogP contribution in [-0.2, 0) is 6.42 Å². The lowest BCUT2D eigenvalue weighted by atomic mass is 10.1. The van der Waals surface area contributed by atoms with Crippen LogP contribution in [0.4, 0.5) is 4.79 Å². The van der Waals surface area contributed by atoms with Crippen LogP contribution >= 0.6 is 11.8 Å². The molecule has 1 saturated carbocycles. The van der Waals surface area contributed by atoms with Crippen molar-refractivity contribution in [2.45, 2.75) is 70.7 Å². The van der Waals surface area contributed by atoms with E-state index in [1.54, 1.807) is 0 Å². The zero-order valence-electron chi connectivity index (χ0n) is 14.9. The molecule has 0 unspecified atom stereocenters. The average Bonchev–Trinajstić information content (AvgIpc) is 3.09. The molecular weight excluding hydrogens is 310 g/mol. The van der Waals surface area contributed by atoms with Crippen LogP contribution in [0, 0.1) is 13.8 Å². The van der Waals surface area contributed by atoms with Crippen molar-refractivity contribution in [3.05, 3.63) is 17.0 Å². The van der Waals surface area contributed by atoms with Gasteiger partial charge in [0, 0.05) is 29.9 Å². The molecule has 1 aromatic heterocycles. The maximum absolute atomic E-state index is 12.5. The molecule has 1 N–H and O–H groups in total. The molecule has 5 nitrogen and oxygen atoms in total. The number of aryl methyl sites for hydroxylation is 2. The Hall–Kier alpha value is -1.17. The fourth-order valence-corrected chi connectivity index (χ4v) is 4.42. The Balaban J connectivity index is 1.84. The topological polar surface area (TPSA) is 58.4 Å². The van der Waals surface area contributed by atoms with Gasteiger partial charge in [0.15, 0.2) is 0 Å². The van der Waals surface area contributed by atoms with Gasteiger partial charge in [0.1, 0.15) is 5.76 Å². The maximum atomic E-state index is 12.5. The molecular formula is C17H29N3O2S. The predicted molar refractivity (Wildman–Crippen MR) is 95.0 cm³/mol. The SMILES string of the molecule is CCS[C@@H]1CC[C@@H](N(C)C(=O)N[C@@H](C)Cc2c(C)noc2C)C1. The first kappa shape index (κ1) is 18.2. The van der Waals surface area contributed by atoms with Crippen LogP contribution < -0.4 is 5.32 Å². The van der Waals surface area contributed by atoms with Gasteiger partial charge >= 0.3 is 6.03 Å². The number of carbonyl (C=O) groups is 1. The summed E-state index contributed by atoms with van der Waals surface area (Å²) in [7, 11) is 1.92. The van der Waals surface area contributed by atoms with Crippen molar-refractivity contribution in [2.24, 2.45) is 0 Å². The minimum atomic E-state index is 0.0245. The molecule has 1 aromatic rings. The van der Waals surface area contributed by atoms with Gasteiger partial charge in [0.2, 0.25) is 0 Å². The second-order valence-electron chi connectivity index (χ2n) is 6.51. The molecule has 1 aliphatic rings. The third kappa shape index (κ3) is 4.66. The Morgan fingerprint density at radius 2 is 2.22 bits per heavy atom. The minimum absolute atomic E-state index is 0.0245. The van der Waals surface area contributed by atoms with Gasteiger partial charge in [-0.25, -0.2) is 4.79 Å². The van der Waals surface area contributed by atoms with Gasteiger partial charge in [0.25, 0.3) is 0 Å². The summed E-state index contributed by atoms with van der Waals surface area (Å²) in [5.74, 6) is 1.99. The van der Waals surface area contributed by atoms with Crippen LogP contribution in [-0.4, -0.2) is 46.2 Å². The number of urea groups is 1. The molecule has 0 radical (unpaired) electrons. The molecule has 23 heavy (non-hydrogen) atoms. The van der Waals surface area contributed by atoms with Gasteiger partial charge in [-0.15, -0.1) is 0 Å². The third-order valence-electron chi connectivity index (χ3n) is 4.69. The Morgan fingerprint density at radius 1 is 1.48 bits per heavy atom. The first-order chi connectivity index (χ1) is 10.9. The smallest absolute Gasteiger partial charge is 0.317 e. The van der Waals surface area contributed by atoms with E-state index in [1.165, 1.54) is 6.42 Å². The Bertz CT molecular complexity index is 512. The first-order valence-corrected chi connectivity index (χ1v) is 9.53. The van der Waals surface area contributed by atoms with Crippen LogP contribution in [0.1, 0.15) is 50.1 Å². The lowest BCUT2D eigenvalue weighted by Crippen LogP contribution is -2.46. The van der Waals surface area contributed by atoms with E-state index in [4.69, 9.17) is 4.52 Å². The molecule has 3 atom stereocenters. The largest absolute Gasteiger partial charge is 0.361 e. The summed E-state index contributed by atoms with van der Waals surface area (Å²) in [4.78, 5) is 14.4. The van der Waals surface area contributed by atoms with E-state index in [2.05, 4.69) is 17.4 Å². The van der Waals surface area contributed by atoms with Gasteiger partial charge in [-0.3, -0.25) is 0 Å². The van der Waals surface area contributed by atoms with E-state index in [9.17, 15) is 4.79 Å². The van der Waals surface area contributed by atoms with Crippen LogP contribution in [0.15, 0.2) is 4.52 Å². The Kier molecular flexibility index (Phi) is 6.39. The molecule has 130 valence electrons. The number of carbonyl (C=O) groups excluding carboxylic acids is 1. The lowest BCUT2D eigenvalue weighted by Gasteiger charge is -2.27. The van der Waals surface area contributed by atoms with Gasteiger partial charge < -0.3 is 14.7 Å². The molecule has 1 fully saturated rings. The van der Waals surface area contributed by atoms with Crippen LogP contribution in [0.3, 0.4) is 0 Å². The summed E-state index contributed by atoms with van der Waals surface area (Å²) >= 11 is 2.02. The molecule has 0 bridgehead atoms. The molecule has 0 aliphatic heterocycles. The predicted octanol–water partition coefficient (Wildman–Crippen LogP) is 3.54. The first-order valence-electron chi connectivity index (χ1n) is 8.49. The maximum Gasteiger partial charge on any atom is 0.317 e. The van der Waals surface area contributed by atoms with Crippen molar-refractivity contribution in [3.63, 3.8) is 0 Å². The number of amides is 2. The normalized spacial score (nSPS) is 22.1. The van der Waals surface area contributed by atoms with E-state index in [1.807, 2.05) is 44.5 Å². The number of thioether (sulfide) groups is 1. The fraction of sp³-hybridized carbons (Fsp3) is 0.765. The summed E-state index contributed by atoms with van der Waals surface area (Å²) in [5, 5.41) is 7.79. The van der Waals surface area contributed by atoms with Crippen LogP contribution in [0.5, 0.6) is 0 Å². The number of nitrogens with one attached hydrogen (secondary N) is 1. The van der Waals surface area contributed by atoms with E-state index in [0.717, 1.165) is 42.0 Å².